The molecule has 0 aliphatic heterocycles. The van der Waals surface area contributed by atoms with Gasteiger partial charge in [-0.2, -0.15) is 0 Å². The van der Waals surface area contributed by atoms with Crippen molar-refractivity contribution in [1.29, 1.82) is 0 Å². The zero-order valence-electron chi connectivity index (χ0n) is 12.1. The van der Waals surface area contributed by atoms with Crippen molar-refractivity contribution in [2.24, 2.45) is 0 Å². The third-order valence-electron chi connectivity index (χ3n) is 2.86. The quantitative estimate of drug-likeness (QED) is 0.470. The Hall–Kier alpha value is -1.41. The first-order valence-corrected chi connectivity index (χ1v) is 6.00. The second-order valence-corrected chi connectivity index (χ2v) is 5.20. The molecule has 0 atom stereocenters. The van der Waals surface area contributed by atoms with Gasteiger partial charge in [-0.25, -0.2) is 0 Å². The van der Waals surface area contributed by atoms with Crippen LogP contribution in [-0.2, 0) is 0 Å². The number of ether oxygens (including phenoxy) is 1. The Labute approximate surface area is 118 Å². The lowest BCUT2D eigenvalue weighted by Crippen LogP contribution is -2.49. The lowest BCUT2D eigenvalue weighted by molar-refractivity contribution is -0.0906. The molecule has 0 radical (unpaired) electrons. The fourth-order valence-electron chi connectivity index (χ4n) is 1.03. The molecule has 20 heavy (non-hydrogen) atoms. The number of aliphatic hydroxyl groups is 1. The highest BCUT2D eigenvalue weighted by atomic mass is 16.5. The van der Waals surface area contributed by atoms with Crippen LogP contribution >= 0.6 is 0 Å². The maximum atomic E-state index is 10.5. The van der Waals surface area contributed by atoms with Gasteiger partial charge >= 0.3 is 7.32 Å². The van der Waals surface area contributed by atoms with E-state index in [1.54, 1.807) is 38.1 Å². The summed E-state index contributed by atoms with van der Waals surface area (Å²) in [5.41, 5.74) is -1.04. The molecule has 4 N–H and O–H groups in total. The topological polar surface area (TPSA) is 107 Å². The highest BCUT2D eigenvalue weighted by Crippen LogP contribution is 2.27. The molecule has 0 amide bonds. The van der Waals surface area contributed by atoms with Gasteiger partial charge < -0.3 is 24.9 Å². The minimum Gasteiger partial charge on any atom is -0.485 e. The van der Waals surface area contributed by atoms with E-state index in [0.29, 0.717) is 11.3 Å². The third-order valence-corrected chi connectivity index (χ3v) is 2.86. The SMILES string of the molecule is CC(C)(O)C(C)(C)Oc1ccc(C=O)cc1.OB(O)O. The van der Waals surface area contributed by atoms with Crippen LogP contribution in [-0.4, -0.2) is 45.0 Å². The van der Waals surface area contributed by atoms with Crippen LogP contribution in [0.3, 0.4) is 0 Å². The molecule has 0 bridgehead atoms. The van der Waals surface area contributed by atoms with Gasteiger partial charge in [0.05, 0.1) is 5.60 Å². The van der Waals surface area contributed by atoms with E-state index in [0.717, 1.165) is 6.29 Å². The first kappa shape index (κ1) is 18.6. The number of benzene rings is 1. The second-order valence-electron chi connectivity index (χ2n) is 5.20. The number of carbonyl (C=O) groups excluding carboxylic acids is 1. The maximum Gasteiger partial charge on any atom is 0.631 e. The summed E-state index contributed by atoms with van der Waals surface area (Å²) in [5.74, 6) is 0.637. The molecule has 0 saturated carbocycles. The molecule has 6 nitrogen and oxygen atoms in total. The van der Waals surface area contributed by atoms with E-state index in [1.165, 1.54) is 0 Å². The lowest BCUT2D eigenvalue weighted by Gasteiger charge is -2.37. The van der Waals surface area contributed by atoms with Crippen LogP contribution in [0.5, 0.6) is 5.75 Å². The van der Waals surface area contributed by atoms with E-state index in [4.69, 9.17) is 19.8 Å². The van der Waals surface area contributed by atoms with Crippen molar-refractivity contribution in [3.05, 3.63) is 29.8 Å². The largest absolute Gasteiger partial charge is 0.631 e. The highest BCUT2D eigenvalue weighted by Gasteiger charge is 2.37. The van der Waals surface area contributed by atoms with Crippen molar-refractivity contribution >= 4 is 13.6 Å². The molecule has 112 valence electrons. The molecular weight excluding hydrogens is 263 g/mol. The number of aldehydes is 1. The van der Waals surface area contributed by atoms with Crippen LogP contribution in [0.4, 0.5) is 0 Å². The fraction of sp³-hybridized carbons (Fsp3) is 0.462. The first-order valence-electron chi connectivity index (χ1n) is 6.00. The molecule has 0 aromatic heterocycles. The average Bonchev–Trinajstić information content (AvgIpc) is 2.27. The van der Waals surface area contributed by atoms with Crippen LogP contribution < -0.4 is 4.74 Å². The molecule has 1 aromatic rings. The van der Waals surface area contributed by atoms with Gasteiger partial charge in [0.1, 0.15) is 17.6 Å². The lowest BCUT2D eigenvalue weighted by atomic mass is 9.89. The number of rotatable bonds is 4. The van der Waals surface area contributed by atoms with Crippen LogP contribution in [0.1, 0.15) is 38.1 Å². The van der Waals surface area contributed by atoms with Crippen LogP contribution in [0.2, 0.25) is 0 Å². The van der Waals surface area contributed by atoms with E-state index in [9.17, 15) is 9.90 Å². The standard InChI is InChI=1S/C13H18O3.BH3O3/c1-12(2,15)13(3,4)16-11-7-5-10(9-14)6-8-11;2-1(3)4/h5-9,15H,1-4H3;2-4H. The molecule has 0 aliphatic carbocycles. The molecule has 0 spiro atoms. The molecule has 0 unspecified atom stereocenters. The van der Waals surface area contributed by atoms with Crippen LogP contribution in [0, 0.1) is 0 Å². The summed E-state index contributed by atoms with van der Waals surface area (Å²) in [7, 11) is -2.17. The smallest absolute Gasteiger partial charge is 0.485 e. The van der Waals surface area contributed by atoms with Crippen LogP contribution in [0.15, 0.2) is 24.3 Å². The minimum atomic E-state index is -2.17. The summed E-state index contributed by atoms with van der Waals surface area (Å²) in [4.78, 5) is 10.5. The fourth-order valence-corrected chi connectivity index (χ4v) is 1.03. The molecule has 0 saturated heterocycles. The summed E-state index contributed by atoms with van der Waals surface area (Å²) in [6, 6.07) is 6.81. The Morgan fingerprint density at radius 3 is 1.75 bits per heavy atom. The Morgan fingerprint density at radius 1 is 1.05 bits per heavy atom. The van der Waals surface area contributed by atoms with Crippen molar-refractivity contribution in [1.82, 2.24) is 0 Å². The number of hydrogen-bond acceptors (Lipinski definition) is 6. The summed E-state index contributed by atoms with van der Waals surface area (Å²) < 4.78 is 5.70. The third kappa shape index (κ3) is 6.67. The van der Waals surface area contributed by atoms with Gasteiger partial charge in [-0.3, -0.25) is 4.79 Å². The molecule has 1 rings (SSSR count). The van der Waals surface area contributed by atoms with E-state index < -0.39 is 18.5 Å². The van der Waals surface area contributed by atoms with Gasteiger partial charge in [-0.15, -0.1) is 0 Å². The van der Waals surface area contributed by atoms with Crippen molar-refractivity contribution in [3.63, 3.8) is 0 Å². The monoisotopic (exact) mass is 284 g/mol. The van der Waals surface area contributed by atoms with Gasteiger partial charge in [-0.1, -0.05) is 0 Å². The Kier molecular flexibility index (Phi) is 6.88. The summed E-state index contributed by atoms with van der Waals surface area (Å²) in [6.45, 7) is 7.04. The maximum absolute atomic E-state index is 10.5. The zero-order valence-corrected chi connectivity index (χ0v) is 12.1. The predicted molar refractivity (Wildman–Crippen MR) is 75.2 cm³/mol. The van der Waals surface area contributed by atoms with Gasteiger partial charge in [0, 0.05) is 5.56 Å². The van der Waals surface area contributed by atoms with E-state index in [1.807, 2.05) is 13.8 Å². The Morgan fingerprint density at radius 2 is 1.45 bits per heavy atom. The van der Waals surface area contributed by atoms with E-state index >= 15 is 0 Å². The van der Waals surface area contributed by atoms with Crippen molar-refractivity contribution in [2.45, 2.75) is 38.9 Å². The van der Waals surface area contributed by atoms with Crippen molar-refractivity contribution < 1.29 is 29.7 Å². The molecular formula is C13H21BO6. The molecule has 0 fully saturated rings. The zero-order chi connectivity index (χ0) is 16.0. The predicted octanol–water partition coefficient (Wildman–Crippen LogP) is 0.376. The summed E-state index contributed by atoms with van der Waals surface area (Å²) in [6.07, 6.45) is 0.783. The minimum absolute atomic E-state index is 0.605. The van der Waals surface area contributed by atoms with E-state index in [-0.39, 0.29) is 0 Å². The molecule has 0 aliphatic rings. The Balaban J connectivity index is 0.000000796. The second kappa shape index (κ2) is 7.40. The normalized spacial score (nSPS) is 11.2. The summed E-state index contributed by atoms with van der Waals surface area (Å²) in [5, 5.41) is 31.4. The van der Waals surface area contributed by atoms with Gasteiger partial charge in [0.15, 0.2) is 0 Å². The van der Waals surface area contributed by atoms with Crippen LogP contribution in [0.25, 0.3) is 0 Å². The van der Waals surface area contributed by atoms with Gasteiger partial charge in [-0.05, 0) is 52.0 Å². The van der Waals surface area contributed by atoms with Crippen molar-refractivity contribution in [3.8, 4) is 5.75 Å². The average molecular weight is 284 g/mol. The van der Waals surface area contributed by atoms with Crippen molar-refractivity contribution in [2.75, 3.05) is 0 Å². The highest BCUT2D eigenvalue weighted by molar-refractivity contribution is 6.30. The molecule has 0 heterocycles. The number of carbonyl (C=O) groups is 1. The van der Waals surface area contributed by atoms with E-state index in [2.05, 4.69) is 0 Å². The van der Waals surface area contributed by atoms with Gasteiger partial charge in [0.25, 0.3) is 0 Å². The van der Waals surface area contributed by atoms with Gasteiger partial charge in [0.2, 0.25) is 0 Å². The first-order chi connectivity index (χ1) is 8.99. The molecule has 7 heteroatoms. The Bertz CT molecular complexity index is 405. The summed E-state index contributed by atoms with van der Waals surface area (Å²) >= 11 is 0. The molecule has 1 aromatic carbocycles. The number of hydrogen-bond donors (Lipinski definition) is 4.